The minimum Gasteiger partial charge on any atom is -0.325 e. The van der Waals surface area contributed by atoms with Gasteiger partial charge in [0.15, 0.2) is 0 Å². The van der Waals surface area contributed by atoms with Crippen LogP contribution < -0.4 is 5.73 Å². The van der Waals surface area contributed by atoms with Gasteiger partial charge in [0.25, 0.3) is 0 Å². The van der Waals surface area contributed by atoms with Crippen LogP contribution in [0.5, 0.6) is 0 Å². The van der Waals surface area contributed by atoms with Gasteiger partial charge in [-0.05, 0) is 36.0 Å². The molecule has 2 unspecified atom stereocenters. The van der Waals surface area contributed by atoms with Gasteiger partial charge in [0.2, 0.25) is 0 Å². The third kappa shape index (κ3) is 2.48. The second-order valence-electron chi connectivity index (χ2n) is 8.27. The molecule has 0 bridgehead atoms. The molecular weight excluding hydrogens is 230 g/mol. The van der Waals surface area contributed by atoms with Gasteiger partial charge in [0, 0.05) is 5.54 Å². The van der Waals surface area contributed by atoms with Crippen LogP contribution in [0.25, 0.3) is 0 Å². The molecule has 0 amide bonds. The summed E-state index contributed by atoms with van der Waals surface area (Å²) >= 11 is 0. The number of rotatable bonds is 1. The molecule has 2 atom stereocenters. The lowest BCUT2D eigenvalue weighted by Gasteiger charge is -2.57. The molecule has 2 rings (SSSR count). The smallest absolute Gasteiger partial charge is 0.0213 e. The fraction of sp³-hybridized carbons (Fsp3) is 1.00. The summed E-state index contributed by atoms with van der Waals surface area (Å²) in [4.78, 5) is 0. The zero-order valence-electron chi connectivity index (χ0n) is 13.7. The molecule has 0 aromatic carbocycles. The zero-order chi connectivity index (χ0) is 14.1. The lowest BCUT2D eigenvalue weighted by Crippen LogP contribution is -2.61. The molecule has 0 radical (unpaired) electrons. The van der Waals surface area contributed by atoms with Gasteiger partial charge in [-0.3, -0.25) is 0 Å². The lowest BCUT2D eigenvalue weighted by molar-refractivity contribution is -0.0444. The fourth-order valence-corrected chi connectivity index (χ4v) is 4.96. The third-order valence-corrected chi connectivity index (χ3v) is 7.31. The van der Waals surface area contributed by atoms with Crippen LogP contribution in [-0.2, 0) is 0 Å². The molecule has 2 N–H and O–H groups in total. The van der Waals surface area contributed by atoms with Crippen molar-refractivity contribution in [3.05, 3.63) is 0 Å². The Labute approximate surface area is 120 Å². The van der Waals surface area contributed by atoms with Gasteiger partial charge in [-0.2, -0.15) is 0 Å². The Balaban J connectivity index is 2.35. The second kappa shape index (κ2) is 5.39. The Kier molecular flexibility index (Phi) is 4.35. The van der Waals surface area contributed by atoms with E-state index < -0.39 is 0 Å². The predicted octanol–water partition coefficient (Wildman–Crippen LogP) is 5.28. The van der Waals surface area contributed by atoms with E-state index in [1.165, 1.54) is 64.2 Å². The van der Waals surface area contributed by atoms with Crippen molar-refractivity contribution >= 4 is 0 Å². The minimum atomic E-state index is 0.0750. The van der Waals surface area contributed by atoms with Crippen LogP contribution in [0.4, 0.5) is 0 Å². The van der Waals surface area contributed by atoms with Crippen molar-refractivity contribution in [3.63, 3.8) is 0 Å². The van der Waals surface area contributed by atoms with E-state index in [1.54, 1.807) is 0 Å². The molecule has 19 heavy (non-hydrogen) atoms. The molecule has 1 heteroatoms. The maximum absolute atomic E-state index is 7.08. The molecule has 2 aliphatic rings. The highest BCUT2D eigenvalue weighted by molar-refractivity contribution is 5.09. The summed E-state index contributed by atoms with van der Waals surface area (Å²) in [5.41, 5.74) is 7.82. The molecule has 0 aromatic heterocycles. The highest BCUT2D eigenvalue weighted by atomic mass is 14.8. The van der Waals surface area contributed by atoms with Crippen molar-refractivity contribution in [2.24, 2.45) is 22.5 Å². The van der Waals surface area contributed by atoms with Crippen LogP contribution in [0.3, 0.4) is 0 Å². The quantitative estimate of drug-likeness (QED) is 0.641. The first-order valence-corrected chi connectivity index (χ1v) is 8.62. The lowest BCUT2D eigenvalue weighted by atomic mass is 9.50. The second-order valence-corrected chi connectivity index (χ2v) is 8.27. The summed E-state index contributed by atoms with van der Waals surface area (Å²) < 4.78 is 0. The summed E-state index contributed by atoms with van der Waals surface area (Å²) in [6.07, 6.45) is 13.5. The van der Waals surface area contributed by atoms with Crippen LogP contribution >= 0.6 is 0 Å². The van der Waals surface area contributed by atoms with E-state index >= 15 is 0 Å². The maximum atomic E-state index is 7.08. The monoisotopic (exact) mass is 265 g/mol. The van der Waals surface area contributed by atoms with Crippen LogP contribution in [0.15, 0.2) is 0 Å². The summed E-state index contributed by atoms with van der Waals surface area (Å²) in [5, 5.41) is 0. The van der Waals surface area contributed by atoms with Crippen molar-refractivity contribution in [2.45, 2.75) is 97.4 Å². The summed E-state index contributed by atoms with van der Waals surface area (Å²) in [5.74, 6) is 0.795. The molecule has 0 saturated heterocycles. The number of hydrogen-bond donors (Lipinski definition) is 1. The van der Waals surface area contributed by atoms with E-state index in [1.807, 2.05) is 0 Å². The average molecular weight is 265 g/mol. The van der Waals surface area contributed by atoms with E-state index in [9.17, 15) is 0 Å². The predicted molar refractivity (Wildman–Crippen MR) is 84.1 cm³/mol. The molecule has 1 nitrogen and oxygen atoms in total. The van der Waals surface area contributed by atoms with E-state index in [0.29, 0.717) is 10.8 Å². The highest BCUT2D eigenvalue weighted by Gasteiger charge is 2.55. The highest BCUT2D eigenvalue weighted by Crippen LogP contribution is 2.59. The van der Waals surface area contributed by atoms with Crippen LogP contribution in [0.2, 0.25) is 0 Å². The Morgan fingerprint density at radius 2 is 1.32 bits per heavy atom. The molecular formula is C18H35N. The van der Waals surface area contributed by atoms with E-state index in [2.05, 4.69) is 27.7 Å². The molecule has 0 heterocycles. The maximum Gasteiger partial charge on any atom is 0.0213 e. The molecule has 2 saturated carbocycles. The summed E-state index contributed by atoms with van der Waals surface area (Å²) in [6, 6.07) is 0. The fourth-order valence-electron chi connectivity index (χ4n) is 4.96. The van der Waals surface area contributed by atoms with Gasteiger partial charge in [0.05, 0.1) is 0 Å². The molecule has 0 aromatic rings. The molecule has 0 aliphatic heterocycles. The van der Waals surface area contributed by atoms with Gasteiger partial charge in [-0.1, -0.05) is 72.6 Å². The number of hydrogen-bond acceptors (Lipinski definition) is 1. The van der Waals surface area contributed by atoms with Crippen molar-refractivity contribution in [2.75, 3.05) is 0 Å². The average Bonchev–Trinajstić information content (AvgIpc) is 2.63. The molecule has 112 valence electrons. The van der Waals surface area contributed by atoms with E-state index in [0.717, 1.165) is 5.92 Å². The summed E-state index contributed by atoms with van der Waals surface area (Å²) in [7, 11) is 0. The third-order valence-electron chi connectivity index (χ3n) is 7.31. The Morgan fingerprint density at radius 3 is 1.89 bits per heavy atom. The van der Waals surface area contributed by atoms with Gasteiger partial charge in [-0.25, -0.2) is 0 Å². The topological polar surface area (TPSA) is 26.0 Å². The standard InChI is InChI=1S/C18H35N/c1-15-11-7-10-12-17(4,16(15,2)3)18(19)13-8-5-6-9-14-18/h15H,5-14,19H2,1-4H3. The molecule has 0 spiro atoms. The van der Waals surface area contributed by atoms with Gasteiger partial charge in [-0.15, -0.1) is 0 Å². The summed E-state index contributed by atoms with van der Waals surface area (Å²) in [6.45, 7) is 9.99. The van der Waals surface area contributed by atoms with Gasteiger partial charge in [0.1, 0.15) is 0 Å². The van der Waals surface area contributed by atoms with Crippen molar-refractivity contribution in [1.82, 2.24) is 0 Å². The Hall–Kier alpha value is -0.0400. The first-order valence-electron chi connectivity index (χ1n) is 8.62. The van der Waals surface area contributed by atoms with Crippen LogP contribution in [0, 0.1) is 16.7 Å². The molecule has 2 fully saturated rings. The minimum absolute atomic E-state index is 0.0750. The van der Waals surface area contributed by atoms with Crippen molar-refractivity contribution in [3.8, 4) is 0 Å². The molecule has 2 aliphatic carbocycles. The van der Waals surface area contributed by atoms with E-state index in [4.69, 9.17) is 5.73 Å². The largest absolute Gasteiger partial charge is 0.325 e. The zero-order valence-corrected chi connectivity index (χ0v) is 13.7. The van der Waals surface area contributed by atoms with Crippen LogP contribution in [-0.4, -0.2) is 5.54 Å². The SMILES string of the molecule is CC1CCCCC(C)(C2(N)CCCCCC2)C1(C)C. The van der Waals surface area contributed by atoms with Gasteiger partial charge < -0.3 is 5.73 Å². The van der Waals surface area contributed by atoms with Gasteiger partial charge >= 0.3 is 0 Å². The Morgan fingerprint density at radius 1 is 0.789 bits per heavy atom. The van der Waals surface area contributed by atoms with Crippen molar-refractivity contribution < 1.29 is 0 Å². The normalized spacial score (nSPS) is 39.3. The Bertz CT molecular complexity index is 299. The van der Waals surface area contributed by atoms with Crippen molar-refractivity contribution in [1.29, 1.82) is 0 Å². The first-order chi connectivity index (χ1) is 8.83. The van der Waals surface area contributed by atoms with E-state index in [-0.39, 0.29) is 5.54 Å². The van der Waals surface area contributed by atoms with Crippen LogP contribution in [0.1, 0.15) is 91.9 Å². The number of nitrogens with two attached hydrogens (primary N) is 1. The first kappa shape index (κ1) is 15.4.